The van der Waals surface area contributed by atoms with E-state index in [2.05, 4.69) is 27.5 Å². The van der Waals surface area contributed by atoms with Crippen LogP contribution in [0.4, 0.5) is 5.95 Å². The first-order valence-electron chi connectivity index (χ1n) is 10.6. The number of hydrogen-bond donors (Lipinski definition) is 2. The fraction of sp³-hybridized carbons (Fsp3) is 0.522. The summed E-state index contributed by atoms with van der Waals surface area (Å²) in [5.41, 5.74) is 3.11. The minimum Gasteiger partial charge on any atom is -0.493 e. The third-order valence-electron chi connectivity index (χ3n) is 5.78. The van der Waals surface area contributed by atoms with Gasteiger partial charge in [-0.15, -0.1) is 0 Å². The van der Waals surface area contributed by atoms with Crippen molar-refractivity contribution in [3.63, 3.8) is 0 Å². The molecule has 0 atom stereocenters. The van der Waals surface area contributed by atoms with Crippen LogP contribution in [0.3, 0.4) is 0 Å². The number of aromatic nitrogens is 2. The van der Waals surface area contributed by atoms with Gasteiger partial charge in [0.2, 0.25) is 11.9 Å². The average Bonchev–Trinajstić information content (AvgIpc) is 2.78. The summed E-state index contributed by atoms with van der Waals surface area (Å²) < 4.78 is 10.8. The molecular weight excluding hydrogens is 380 g/mol. The predicted octanol–water partition coefficient (Wildman–Crippen LogP) is 3.65. The van der Waals surface area contributed by atoms with E-state index >= 15 is 0 Å². The van der Waals surface area contributed by atoms with E-state index in [1.807, 2.05) is 31.3 Å². The zero-order chi connectivity index (χ0) is 21.5. The molecule has 1 aliphatic carbocycles. The number of carbonyl (C=O) groups excluding carboxylic acids is 1. The quantitative estimate of drug-likeness (QED) is 0.688. The lowest BCUT2D eigenvalue weighted by molar-refractivity contribution is -0.126. The zero-order valence-electron chi connectivity index (χ0n) is 18.3. The van der Waals surface area contributed by atoms with Crippen LogP contribution in [0.2, 0.25) is 0 Å². The van der Waals surface area contributed by atoms with E-state index < -0.39 is 0 Å². The largest absolute Gasteiger partial charge is 0.493 e. The Morgan fingerprint density at radius 3 is 2.60 bits per heavy atom. The fourth-order valence-corrected chi connectivity index (χ4v) is 4.01. The highest BCUT2D eigenvalue weighted by atomic mass is 16.5. The summed E-state index contributed by atoms with van der Waals surface area (Å²) in [6.45, 7) is 4.56. The summed E-state index contributed by atoms with van der Waals surface area (Å²) >= 11 is 0. The Bertz CT molecular complexity index is 864. The van der Waals surface area contributed by atoms with Crippen molar-refractivity contribution in [2.45, 2.75) is 58.5 Å². The molecule has 7 heteroatoms. The number of nitrogens with zero attached hydrogens (tertiary/aromatic N) is 2. The van der Waals surface area contributed by atoms with E-state index in [1.54, 1.807) is 14.2 Å². The molecular formula is C23H32N4O3. The van der Waals surface area contributed by atoms with Gasteiger partial charge in [-0.25, -0.2) is 9.97 Å². The van der Waals surface area contributed by atoms with Crippen LogP contribution in [0.15, 0.2) is 24.4 Å². The Hall–Kier alpha value is -2.83. The van der Waals surface area contributed by atoms with Gasteiger partial charge in [0.25, 0.3) is 0 Å². The number of ether oxygens (including phenoxy) is 2. The lowest BCUT2D eigenvalue weighted by Gasteiger charge is -2.28. The minimum atomic E-state index is 0.0322. The molecule has 1 aliphatic rings. The molecule has 0 aliphatic heterocycles. The molecule has 1 aromatic carbocycles. The molecule has 1 saturated carbocycles. The van der Waals surface area contributed by atoms with Crippen LogP contribution < -0.4 is 20.1 Å². The number of benzene rings is 1. The van der Waals surface area contributed by atoms with Gasteiger partial charge in [-0.05, 0) is 50.7 Å². The molecule has 1 heterocycles. The van der Waals surface area contributed by atoms with E-state index in [4.69, 9.17) is 9.47 Å². The molecule has 1 aromatic heterocycles. The Labute approximate surface area is 178 Å². The highest BCUT2D eigenvalue weighted by Gasteiger charge is 2.27. The topological polar surface area (TPSA) is 85.4 Å². The second-order valence-electron chi connectivity index (χ2n) is 7.74. The Morgan fingerprint density at radius 1 is 1.17 bits per heavy atom. The summed E-state index contributed by atoms with van der Waals surface area (Å²) in [5, 5.41) is 6.50. The predicted molar refractivity (Wildman–Crippen MR) is 117 cm³/mol. The Morgan fingerprint density at radius 2 is 1.93 bits per heavy atom. The maximum Gasteiger partial charge on any atom is 0.223 e. The van der Waals surface area contributed by atoms with Crippen molar-refractivity contribution < 1.29 is 14.3 Å². The second kappa shape index (κ2) is 10.3. The Balaban J connectivity index is 1.50. The second-order valence-corrected chi connectivity index (χ2v) is 7.74. The SMILES string of the molecule is CCc1nc(NC2CCC(C(=O)NCc3cccc(OC)c3OC)CC2)ncc1C. The first-order valence-corrected chi connectivity index (χ1v) is 10.6. The van der Waals surface area contributed by atoms with Gasteiger partial charge in [-0.2, -0.15) is 0 Å². The van der Waals surface area contributed by atoms with Crippen LogP contribution in [0.25, 0.3) is 0 Å². The number of hydrogen-bond acceptors (Lipinski definition) is 6. The van der Waals surface area contributed by atoms with Gasteiger partial charge in [0.05, 0.1) is 14.2 Å². The molecule has 3 rings (SSSR count). The molecule has 7 nitrogen and oxygen atoms in total. The van der Waals surface area contributed by atoms with Crippen molar-refractivity contribution in [1.29, 1.82) is 0 Å². The van der Waals surface area contributed by atoms with Crippen molar-refractivity contribution in [3.05, 3.63) is 41.2 Å². The highest BCUT2D eigenvalue weighted by Crippen LogP contribution is 2.31. The van der Waals surface area contributed by atoms with Crippen molar-refractivity contribution in [2.75, 3.05) is 19.5 Å². The van der Waals surface area contributed by atoms with E-state index in [-0.39, 0.29) is 11.8 Å². The van der Waals surface area contributed by atoms with Crippen molar-refractivity contribution in [1.82, 2.24) is 15.3 Å². The summed E-state index contributed by atoms with van der Waals surface area (Å²) in [6, 6.07) is 5.99. The smallest absolute Gasteiger partial charge is 0.223 e. The van der Waals surface area contributed by atoms with Crippen LogP contribution >= 0.6 is 0 Å². The monoisotopic (exact) mass is 412 g/mol. The van der Waals surface area contributed by atoms with Gasteiger partial charge in [0.1, 0.15) is 0 Å². The third-order valence-corrected chi connectivity index (χ3v) is 5.78. The van der Waals surface area contributed by atoms with E-state index in [0.717, 1.165) is 48.9 Å². The number of carbonyl (C=O) groups is 1. The normalized spacial score (nSPS) is 18.5. The van der Waals surface area contributed by atoms with Crippen molar-refractivity contribution in [2.24, 2.45) is 5.92 Å². The van der Waals surface area contributed by atoms with E-state index in [9.17, 15) is 4.79 Å². The molecule has 0 radical (unpaired) electrons. The van der Waals surface area contributed by atoms with Crippen LogP contribution in [-0.4, -0.2) is 36.1 Å². The first-order chi connectivity index (χ1) is 14.5. The van der Waals surface area contributed by atoms with Gasteiger partial charge in [-0.1, -0.05) is 19.1 Å². The van der Waals surface area contributed by atoms with Crippen molar-refractivity contribution >= 4 is 11.9 Å². The summed E-state index contributed by atoms with van der Waals surface area (Å²) in [4.78, 5) is 21.7. The number of aryl methyl sites for hydroxylation is 2. The number of anilines is 1. The minimum absolute atomic E-state index is 0.0322. The van der Waals surface area contributed by atoms with Crippen LogP contribution in [0, 0.1) is 12.8 Å². The van der Waals surface area contributed by atoms with Crippen LogP contribution in [-0.2, 0) is 17.8 Å². The highest BCUT2D eigenvalue weighted by molar-refractivity contribution is 5.78. The lowest BCUT2D eigenvalue weighted by atomic mass is 9.85. The van der Waals surface area contributed by atoms with Gasteiger partial charge in [0.15, 0.2) is 11.5 Å². The van der Waals surface area contributed by atoms with Gasteiger partial charge >= 0.3 is 0 Å². The number of nitrogens with one attached hydrogen (secondary N) is 2. The number of rotatable bonds is 8. The molecule has 0 spiro atoms. The van der Waals surface area contributed by atoms with E-state index in [0.29, 0.717) is 30.0 Å². The number of amides is 1. The van der Waals surface area contributed by atoms with Crippen LogP contribution in [0.1, 0.15) is 49.4 Å². The third kappa shape index (κ3) is 5.20. The van der Waals surface area contributed by atoms with Gasteiger partial charge in [0, 0.05) is 36.0 Å². The lowest BCUT2D eigenvalue weighted by Crippen LogP contribution is -2.36. The summed E-state index contributed by atoms with van der Waals surface area (Å²) in [6.07, 6.45) is 6.34. The number of methoxy groups -OCH3 is 2. The summed E-state index contributed by atoms with van der Waals surface area (Å²) in [5.74, 6) is 2.15. The average molecular weight is 413 g/mol. The molecule has 0 bridgehead atoms. The molecule has 0 saturated heterocycles. The van der Waals surface area contributed by atoms with E-state index in [1.165, 1.54) is 0 Å². The van der Waals surface area contributed by atoms with Crippen LogP contribution in [0.5, 0.6) is 11.5 Å². The molecule has 1 amide bonds. The van der Waals surface area contributed by atoms with Gasteiger partial charge in [-0.3, -0.25) is 4.79 Å². The number of para-hydroxylation sites is 1. The zero-order valence-corrected chi connectivity index (χ0v) is 18.3. The first kappa shape index (κ1) is 21.9. The molecule has 162 valence electrons. The van der Waals surface area contributed by atoms with Crippen molar-refractivity contribution in [3.8, 4) is 11.5 Å². The standard InChI is InChI=1S/C23H32N4O3/c1-5-19-15(2)13-25-23(27-19)26-18-11-9-16(10-12-18)22(28)24-14-17-7-6-8-20(29-3)21(17)30-4/h6-8,13,16,18H,5,9-12,14H2,1-4H3,(H,24,28)(H,25,26,27). The molecule has 0 unspecified atom stereocenters. The summed E-state index contributed by atoms with van der Waals surface area (Å²) in [7, 11) is 3.22. The molecule has 2 aromatic rings. The molecule has 30 heavy (non-hydrogen) atoms. The van der Waals surface area contributed by atoms with Gasteiger partial charge < -0.3 is 20.1 Å². The maximum atomic E-state index is 12.7. The molecule has 2 N–H and O–H groups in total. The Kier molecular flexibility index (Phi) is 7.49. The fourth-order valence-electron chi connectivity index (χ4n) is 4.01. The molecule has 1 fully saturated rings. The maximum absolute atomic E-state index is 12.7.